The minimum absolute atomic E-state index is 0.0961. The minimum Gasteiger partial charge on any atom is -0.324 e. The van der Waals surface area contributed by atoms with E-state index in [0.717, 1.165) is 17.5 Å². The number of amides is 1. The molecule has 0 spiro atoms. The van der Waals surface area contributed by atoms with Crippen molar-refractivity contribution in [2.75, 3.05) is 11.1 Å². The molecular weight excluding hydrogens is 344 g/mol. The standard InChI is InChI=1S/C17H21ClN4OS/c1-2-22-16(12-7-3-4-8-12)20-21-17(22)24-11-15(23)19-14-10-6-5-9-13(14)18/h5-6,9-10,12H,2-4,7-8,11H2,1H3,(H,19,23). The number of rotatable bonds is 6. The average Bonchev–Trinajstić information content (AvgIpc) is 3.23. The summed E-state index contributed by atoms with van der Waals surface area (Å²) in [5.41, 5.74) is 0.633. The van der Waals surface area contributed by atoms with Crippen molar-refractivity contribution in [3.63, 3.8) is 0 Å². The Morgan fingerprint density at radius 1 is 1.33 bits per heavy atom. The first-order chi connectivity index (χ1) is 11.7. The molecule has 24 heavy (non-hydrogen) atoms. The summed E-state index contributed by atoms with van der Waals surface area (Å²) in [5, 5.41) is 12.9. The van der Waals surface area contributed by atoms with Gasteiger partial charge in [0.25, 0.3) is 0 Å². The Balaban J connectivity index is 1.62. The molecule has 0 saturated heterocycles. The van der Waals surface area contributed by atoms with E-state index in [4.69, 9.17) is 11.6 Å². The van der Waals surface area contributed by atoms with Crippen LogP contribution >= 0.6 is 23.4 Å². The molecule has 5 nitrogen and oxygen atoms in total. The second-order valence-corrected chi connectivity index (χ2v) is 7.23. The molecule has 128 valence electrons. The van der Waals surface area contributed by atoms with Gasteiger partial charge >= 0.3 is 0 Å². The van der Waals surface area contributed by atoms with Crippen LogP contribution in [0, 0.1) is 0 Å². The summed E-state index contributed by atoms with van der Waals surface area (Å²) in [6, 6.07) is 7.22. The highest BCUT2D eigenvalue weighted by atomic mass is 35.5. The lowest BCUT2D eigenvalue weighted by Crippen LogP contribution is -2.15. The summed E-state index contributed by atoms with van der Waals surface area (Å²) < 4.78 is 2.14. The highest BCUT2D eigenvalue weighted by Gasteiger charge is 2.24. The third kappa shape index (κ3) is 3.92. The summed E-state index contributed by atoms with van der Waals surface area (Å²) in [6.07, 6.45) is 4.92. The number of benzene rings is 1. The number of carbonyl (C=O) groups excluding carboxylic acids is 1. The second kappa shape index (κ2) is 8.03. The van der Waals surface area contributed by atoms with Gasteiger partial charge in [0.1, 0.15) is 5.82 Å². The molecule has 3 rings (SSSR count). The monoisotopic (exact) mass is 364 g/mol. The van der Waals surface area contributed by atoms with Gasteiger partial charge in [0.2, 0.25) is 5.91 Å². The van der Waals surface area contributed by atoms with Crippen LogP contribution in [0.1, 0.15) is 44.3 Å². The normalized spacial score (nSPS) is 14.9. The van der Waals surface area contributed by atoms with Crippen LogP contribution in [0.3, 0.4) is 0 Å². The Bertz CT molecular complexity index is 712. The molecule has 0 unspecified atom stereocenters. The van der Waals surface area contributed by atoms with E-state index in [9.17, 15) is 4.79 Å². The van der Waals surface area contributed by atoms with Crippen LogP contribution in [0.15, 0.2) is 29.4 Å². The summed E-state index contributed by atoms with van der Waals surface area (Å²) in [5.74, 6) is 1.78. The molecule has 0 atom stereocenters. The second-order valence-electron chi connectivity index (χ2n) is 5.88. The Morgan fingerprint density at radius 2 is 2.08 bits per heavy atom. The molecule has 0 aliphatic heterocycles. The van der Waals surface area contributed by atoms with Crippen molar-refractivity contribution in [3.05, 3.63) is 35.1 Å². The first kappa shape index (κ1) is 17.3. The zero-order valence-electron chi connectivity index (χ0n) is 13.7. The van der Waals surface area contributed by atoms with Crippen molar-refractivity contribution in [2.45, 2.75) is 50.2 Å². The van der Waals surface area contributed by atoms with E-state index in [0.29, 0.717) is 16.6 Å². The van der Waals surface area contributed by atoms with E-state index >= 15 is 0 Å². The molecule has 0 radical (unpaired) electrons. The van der Waals surface area contributed by atoms with E-state index < -0.39 is 0 Å². The van der Waals surface area contributed by atoms with Crippen LogP contribution in [0.25, 0.3) is 0 Å². The zero-order chi connectivity index (χ0) is 16.9. The topological polar surface area (TPSA) is 59.8 Å². The van der Waals surface area contributed by atoms with Gasteiger partial charge in [0.15, 0.2) is 5.16 Å². The molecule has 1 aromatic heterocycles. The van der Waals surface area contributed by atoms with Crippen LogP contribution in [0.4, 0.5) is 5.69 Å². The third-order valence-electron chi connectivity index (χ3n) is 4.26. The van der Waals surface area contributed by atoms with Gasteiger partial charge < -0.3 is 9.88 Å². The minimum atomic E-state index is -0.0961. The summed E-state index contributed by atoms with van der Waals surface area (Å²) >= 11 is 7.48. The van der Waals surface area contributed by atoms with Gasteiger partial charge in [-0.1, -0.05) is 48.3 Å². The van der Waals surface area contributed by atoms with E-state index in [1.54, 1.807) is 12.1 Å². The Labute approximate surface area is 151 Å². The van der Waals surface area contributed by atoms with E-state index in [1.165, 1.54) is 37.4 Å². The lowest BCUT2D eigenvalue weighted by Gasteiger charge is -2.11. The maximum absolute atomic E-state index is 12.2. The molecular formula is C17H21ClN4OS. The van der Waals surface area contributed by atoms with Crippen molar-refractivity contribution in [1.82, 2.24) is 14.8 Å². The Hall–Kier alpha value is -1.53. The smallest absolute Gasteiger partial charge is 0.234 e. The number of halogens is 1. The van der Waals surface area contributed by atoms with Crippen molar-refractivity contribution in [3.8, 4) is 0 Å². The fraction of sp³-hybridized carbons (Fsp3) is 0.471. The van der Waals surface area contributed by atoms with Crippen LogP contribution in [-0.2, 0) is 11.3 Å². The molecule has 1 aliphatic carbocycles. The van der Waals surface area contributed by atoms with Gasteiger partial charge in [-0.3, -0.25) is 4.79 Å². The van der Waals surface area contributed by atoms with Crippen molar-refractivity contribution in [1.29, 1.82) is 0 Å². The van der Waals surface area contributed by atoms with Gasteiger partial charge in [-0.15, -0.1) is 10.2 Å². The van der Waals surface area contributed by atoms with Crippen molar-refractivity contribution in [2.24, 2.45) is 0 Å². The maximum Gasteiger partial charge on any atom is 0.234 e. The molecule has 1 fully saturated rings. The first-order valence-electron chi connectivity index (χ1n) is 8.29. The number of hydrogen-bond donors (Lipinski definition) is 1. The highest BCUT2D eigenvalue weighted by molar-refractivity contribution is 7.99. The molecule has 2 aromatic rings. The lowest BCUT2D eigenvalue weighted by atomic mass is 10.1. The summed E-state index contributed by atoms with van der Waals surface area (Å²) in [4.78, 5) is 12.2. The van der Waals surface area contributed by atoms with Gasteiger partial charge in [0, 0.05) is 12.5 Å². The molecule has 1 aromatic carbocycles. The quantitative estimate of drug-likeness (QED) is 0.774. The predicted molar refractivity (Wildman–Crippen MR) is 97.7 cm³/mol. The third-order valence-corrected chi connectivity index (χ3v) is 5.56. The zero-order valence-corrected chi connectivity index (χ0v) is 15.2. The number of para-hydroxylation sites is 1. The van der Waals surface area contributed by atoms with Crippen LogP contribution in [0.2, 0.25) is 5.02 Å². The average molecular weight is 365 g/mol. The van der Waals surface area contributed by atoms with Gasteiger partial charge in [-0.25, -0.2) is 0 Å². The largest absolute Gasteiger partial charge is 0.324 e. The number of anilines is 1. The highest BCUT2D eigenvalue weighted by Crippen LogP contribution is 2.34. The van der Waals surface area contributed by atoms with Crippen LogP contribution < -0.4 is 5.32 Å². The number of nitrogens with one attached hydrogen (secondary N) is 1. The molecule has 1 amide bonds. The van der Waals surface area contributed by atoms with Gasteiger partial charge in [-0.2, -0.15) is 0 Å². The van der Waals surface area contributed by atoms with Crippen molar-refractivity contribution >= 4 is 35.0 Å². The van der Waals surface area contributed by atoms with Gasteiger partial charge in [0.05, 0.1) is 16.5 Å². The molecule has 1 aliphatic rings. The SMILES string of the molecule is CCn1c(SCC(=O)Nc2ccccc2Cl)nnc1C1CCCC1. The van der Waals surface area contributed by atoms with Gasteiger partial charge in [-0.05, 0) is 31.9 Å². The predicted octanol–water partition coefficient (Wildman–Crippen LogP) is 4.34. The molecule has 0 bridgehead atoms. The van der Waals surface area contributed by atoms with Crippen LogP contribution in [0.5, 0.6) is 0 Å². The van der Waals surface area contributed by atoms with Crippen molar-refractivity contribution < 1.29 is 4.79 Å². The van der Waals surface area contributed by atoms with E-state index in [1.807, 2.05) is 12.1 Å². The number of thioether (sulfide) groups is 1. The summed E-state index contributed by atoms with van der Waals surface area (Å²) in [7, 11) is 0. The molecule has 7 heteroatoms. The molecule has 1 heterocycles. The molecule has 1 saturated carbocycles. The first-order valence-corrected chi connectivity index (χ1v) is 9.65. The lowest BCUT2D eigenvalue weighted by molar-refractivity contribution is -0.113. The number of carbonyl (C=O) groups is 1. The van der Waals surface area contributed by atoms with Crippen LogP contribution in [-0.4, -0.2) is 26.4 Å². The summed E-state index contributed by atoms with van der Waals surface area (Å²) in [6.45, 7) is 2.92. The Kier molecular flexibility index (Phi) is 5.79. The van der Waals surface area contributed by atoms with E-state index in [2.05, 4.69) is 27.0 Å². The fourth-order valence-electron chi connectivity index (χ4n) is 3.07. The number of nitrogens with zero attached hydrogens (tertiary/aromatic N) is 3. The number of hydrogen-bond acceptors (Lipinski definition) is 4. The van der Waals surface area contributed by atoms with E-state index in [-0.39, 0.29) is 11.7 Å². The fourth-order valence-corrected chi connectivity index (χ4v) is 4.06. The maximum atomic E-state index is 12.2. The molecule has 1 N–H and O–H groups in total. The number of aromatic nitrogens is 3. The Morgan fingerprint density at radius 3 is 2.79 bits per heavy atom.